The van der Waals surface area contributed by atoms with Crippen molar-refractivity contribution in [1.82, 2.24) is 10.2 Å². The van der Waals surface area contributed by atoms with Crippen LogP contribution in [0.25, 0.3) is 0 Å². The molecule has 3 aromatic rings. The molecule has 0 aliphatic carbocycles. The van der Waals surface area contributed by atoms with Gasteiger partial charge < -0.3 is 15.0 Å². The molecule has 10 heteroatoms. The van der Waals surface area contributed by atoms with Crippen LogP contribution in [0.4, 0.5) is 10.1 Å². The molecule has 8 nitrogen and oxygen atoms in total. The lowest BCUT2D eigenvalue weighted by Gasteiger charge is -2.32. The van der Waals surface area contributed by atoms with E-state index in [-0.39, 0.29) is 29.1 Å². The Bertz CT molecular complexity index is 1430. The van der Waals surface area contributed by atoms with Crippen LogP contribution < -0.4 is 14.4 Å². The second kappa shape index (κ2) is 13.4. The van der Waals surface area contributed by atoms with Gasteiger partial charge in [0.1, 0.15) is 24.2 Å². The topological polar surface area (TPSA) is 96.0 Å². The van der Waals surface area contributed by atoms with Crippen molar-refractivity contribution in [2.24, 2.45) is 0 Å². The van der Waals surface area contributed by atoms with Crippen LogP contribution in [0.5, 0.6) is 5.75 Å². The quantitative estimate of drug-likeness (QED) is 0.342. The minimum absolute atomic E-state index is 0.000811. The number of methoxy groups -OCH3 is 1. The Hall–Kier alpha value is -3.92. The van der Waals surface area contributed by atoms with Crippen molar-refractivity contribution in [2.45, 2.75) is 57.6 Å². The summed E-state index contributed by atoms with van der Waals surface area (Å²) in [5.41, 5.74) is 1.25. The molecule has 0 radical (unpaired) electrons. The highest BCUT2D eigenvalue weighted by Crippen LogP contribution is 2.27. The van der Waals surface area contributed by atoms with E-state index in [1.807, 2.05) is 20.8 Å². The van der Waals surface area contributed by atoms with Gasteiger partial charge in [0.25, 0.3) is 10.0 Å². The fraction of sp³-hybridized carbons (Fsp3) is 0.333. The van der Waals surface area contributed by atoms with E-state index in [9.17, 15) is 22.4 Å². The highest BCUT2D eigenvalue weighted by Gasteiger charge is 2.33. The Morgan fingerprint density at radius 2 is 1.68 bits per heavy atom. The fourth-order valence-electron chi connectivity index (χ4n) is 4.02. The number of halogens is 1. The van der Waals surface area contributed by atoms with Crippen molar-refractivity contribution < 1.29 is 27.1 Å². The first kappa shape index (κ1) is 30.6. The van der Waals surface area contributed by atoms with Crippen LogP contribution in [0.1, 0.15) is 38.3 Å². The molecule has 0 spiro atoms. The van der Waals surface area contributed by atoms with Gasteiger partial charge in [-0.1, -0.05) is 48.9 Å². The number of nitrogens with one attached hydrogen (secondary N) is 1. The van der Waals surface area contributed by atoms with Crippen LogP contribution in [-0.2, 0) is 26.2 Å². The number of carbonyl (C=O) groups is 2. The van der Waals surface area contributed by atoms with Gasteiger partial charge in [-0.2, -0.15) is 0 Å². The Morgan fingerprint density at radius 1 is 1.00 bits per heavy atom. The largest absolute Gasteiger partial charge is 0.497 e. The number of hydrogen-bond donors (Lipinski definition) is 1. The first-order chi connectivity index (χ1) is 19.0. The maximum Gasteiger partial charge on any atom is 0.264 e. The van der Waals surface area contributed by atoms with Gasteiger partial charge in [-0.15, -0.1) is 0 Å². The third kappa shape index (κ3) is 7.38. The second-order valence-corrected chi connectivity index (χ2v) is 11.5. The Morgan fingerprint density at radius 3 is 2.30 bits per heavy atom. The van der Waals surface area contributed by atoms with E-state index in [2.05, 4.69) is 5.32 Å². The van der Waals surface area contributed by atoms with Crippen molar-refractivity contribution in [3.63, 3.8) is 0 Å². The molecule has 214 valence electrons. The number of benzene rings is 3. The first-order valence-corrected chi connectivity index (χ1v) is 14.5. The maximum absolute atomic E-state index is 15.0. The summed E-state index contributed by atoms with van der Waals surface area (Å²) >= 11 is 0. The number of sulfonamides is 1. The molecular formula is C30H36FN3O5S. The maximum atomic E-state index is 15.0. The first-order valence-electron chi connectivity index (χ1n) is 13.0. The SMILES string of the molecule is CC[C@H](C)NC(=O)[C@@H](C)N(Cc1cccc(OC)c1)C(=O)CN(c1ccccc1F)S(=O)(=O)c1ccc(C)cc1. The van der Waals surface area contributed by atoms with E-state index in [4.69, 9.17) is 4.74 Å². The van der Waals surface area contributed by atoms with Crippen molar-refractivity contribution in [1.29, 1.82) is 0 Å². The summed E-state index contributed by atoms with van der Waals surface area (Å²) in [6, 6.07) is 17.4. The number of para-hydroxylation sites is 1. The number of hydrogen-bond acceptors (Lipinski definition) is 5. The summed E-state index contributed by atoms with van der Waals surface area (Å²) in [4.78, 5) is 28.2. The number of ether oxygens (including phenoxy) is 1. The molecule has 0 aliphatic rings. The van der Waals surface area contributed by atoms with Crippen molar-refractivity contribution in [3.05, 3.63) is 89.7 Å². The predicted octanol–water partition coefficient (Wildman–Crippen LogP) is 4.67. The minimum atomic E-state index is -4.35. The lowest BCUT2D eigenvalue weighted by molar-refractivity contribution is -0.139. The molecule has 0 bridgehead atoms. The average molecular weight is 570 g/mol. The van der Waals surface area contributed by atoms with Crippen LogP contribution >= 0.6 is 0 Å². The summed E-state index contributed by atoms with van der Waals surface area (Å²) < 4.78 is 48.6. The number of nitrogens with zero attached hydrogens (tertiary/aromatic N) is 2. The molecule has 0 aliphatic heterocycles. The van der Waals surface area contributed by atoms with E-state index >= 15 is 0 Å². The molecular weight excluding hydrogens is 533 g/mol. The monoisotopic (exact) mass is 569 g/mol. The molecule has 2 atom stereocenters. The molecule has 0 aromatic heterocycles. The van der Waals surface area contributed by atoms with Crippen molar-refractivity contribution >= 4 is 27.5 Å². The lowest BCUT2D eigenvalue weighted by atomic mass is 10.1. The van der Waals surface area contributed by atoms with Gasteiger partial charge in [0.15, 0.2) is 0 Å². The van der Waals surface area contributed by atoms with Gasteiger partial charge in [0, 0.05) is 12.6 Å². The van der Waals surface area contributed by atoms with Gasteiger partial charge in [0.2, 0.25) is 11.8 Å². The number of anilines is 1. The number of carbonyl (C=O) groups excluding carboxylic acids is 2. The van der Waals surface area contributed by atoms with Gasteiger partial charge in [0.05, 0.1) is 17.7 Å². The molecule has 0 unspecified atom stereocenters. The standard InChI is InChI=1S/C30H36FN3O5S/c1-6-22(3)32-30(36)23(4)33(19-24-10-9-11-25(18-24)39-5)29(35)20-34(28-13-8-7-12-27(28)31)40(37,38)26-16-14-21(2)15-17-26/h7-18,22-23H,6,19-20H2,1-5H3,(H,32,36)/t22-,23+/m0/s1. The highest BCUT2D eigenvalue weighted by molar-refractivity contribution is 7.92. The zero-order chi connectivity index (χ0) is 29.4. The number of rotatable bonds is 12. The van der Waals surface area contributed by atoms with E-state index in [0.717, 1.165) is 15.9 Å². The Kier molecular flexibility index (Phi) is 10.3. The van der Waals surface area contributed by atoms with Crippen LogP contribution in [0.3, 0.4) is 0 Å². The molecule has 0 fully saturated rings. The van der Waals surface area contributed by atoms with Crippen LogP contribution in [0.15, 0.2) is 77.7 Å². The molecule has 0 heterocycles. The van der Waals surface area contributed by atoms with Crippen LogP contribution in [0, 0.1) is 12.7 Å². The summed E-state index contributed by atoms with van der Waals surface area (Å²) in [5, 5.41) is 2.88. The molecule has 40 heavy (non-hydrogen) atoms. The minimum Gasteiger partial charge on any atom is -0.497 e. The van der Waals surface area contributed by atoms with Crippen molar-refractivity contribution in [3.8, 4) is 5.75 Å². The normalized spacial score (nSPS) is 12.8. The summed E-state index contributed by atoms with van der Waals surface area (Å²) in [5.74, 6) is -1.29. The van der Waals surface area contributed by atoms with Crippen LogP contribution in [-0.4, -0.2) is 50.9 Å². The van der Waals surface area contributed by atoms with Crippen LogP contribution in [0.2, 0.25) is 0 Å². The lowest BCUT2D eigenvalue weighted by Crippen LogP contribution is -2.52. The molecule has 3 aromatic carbocycles. The second-order valence-electron chi connectivity index (χ2n) is 9.64. The summed E-state index contributed by atoms with van der Waals surface area (Å²) in [7, 11) is -2.83. The van der Waals surface area contributed by atoms with E-state index in [1.165, 1.54) is 42.3 Å². The summed E-state index contributed by atoms with van der Waals surface area (Å²) in [6.45, 7) is 6.46. The zero-order valence-electron chi connectivity index (χ0n) is 23.4. The zero-order valence-corrected chi connectivity index (χ0v) is 24.2. The third-order valence-corrected chi connectivity index (χ3v) is 8.44. The highest BCUT2D eigenvalue weighted by atomic mass is 32.2. The van der Waals surface area contributed by atoms with E-state index in [0.29, 0.717) is 17.7 Å². The Balaban J connectivity index is 2.04. The van der Waals surface area contributed by atoms with E-state index in [1.54, 1.807) is 43.3 Å². The average Bonchev–Trinajstić information content (AvgIpc) is 2.94. The number of amides is 2. The molecule has 3 rings (SSSR count). The molecule has 0 saturated carbocycles. The Labute approximate surface area is 235 Å². The number of aryl methyl sites for hydroxylation is 1. The third-order valence-electron chi connectivity index (χ3n) is 6.66. The molecule has 0 saturated heterocycles. The molecule has 2 amide bonds. The van der Waals surface area contributed by atoms with Gasteiger partial charge in [-0.25, -0.2) is 12.8 Å². The van der Waals surface area contributed by atoms with E-state index < -0.39 is 34.3 Å². The molecule has 1 N–H and O–H groups in total. The fourth-order valence-corrected chi connectivity index (χ4v) is 5.44. The van der Waals surface area contributed by atoms with Gasteiger partial charge in [-0.05, 0) is 69.2 Å². The van der Waals surface area contributed by atoms with Gasteiger partial charge >= 0.3 is 0 Å². The smallest absolute Gasteiger partial charge is 0.264 e. The van der Waals surface area contributed by atoms with Crippen molar-refractivity contribution in [2.75, 3.05) is 18.0 Å². The predicted molar refractivity (Wildman–Crippen MR) is 153 cm³/mol. The van der Waals surface area contributed by atoms with Gasteiger partial charge in [-0.3, -0.25) is 13.9 Å². The summed E-state index contributed by atoms with van der Waals surface area (Å²) in [6.07, 6.45) is 0.693.